The number of halogens is 2. The lowest BCUT2D eigenvalue weighted by atomic mass is 10.2. The maximum Gasteiger partial charge on any atom is 0.0224 e. The lowest BCUT2D eigenvalue weighted by Gasteiger charge is -2.34. The van der Waals surface area contributed by atoms with E-state index in [9.17, 15) is 0 Å². The van der Waals surface area contributed by atoms with Crippen molar-refractivity contribution in [2.75, 3.05) is 19.6 Å². The predicted octanol–water partition coefficient (Wildman–Crippen LogP) is 1.29. The Morgan fingerprint density at radius 2 is 1.67 bits per heavy atom. The van der Waals surface area contributed by atoms with Crippen LogP contribution in [0.25, 0.3) is 0 Å². The van der Waals surface area contributed by atoms with E-state index >= 15 is 0 Å². The van der Waals surface area contributed by atoms with Crippen LogP contribution in [0, 0.1) is 0 Å². The monoisotopic (exact) mass is 212 g/mol. The Morgan fingerprint density at radius 3 is 2.00 bits per heavy atom. The van der Waals surface area contributed by atoms with Crippen LogP contribution in [0.1, 0.15) is 19.8 Å². The van der Waals surface area contributed by atoms with E-state index < -0.39 is 0 Å². The summed E-state index contributed by atoms with van der Waals surface area (Å²) in [6.45, 7) is 5.97. The first kappa shape index (κ1) is 12.5. The van der Waals surface area contributed by atoms with Crippen molar-refractivity contribution in [2.45, 2.75) is 31.8 Å². The average molecular weight is 213 g/mol. The summed E-state index contributed by atoms with van der Waals surface area (Å²) < 4.78 is 0. The van der Waals surface area contributed by atoms with Gasteiger partial charge in [0.05, 0.1) is 0 Å². The summed E-state index contributed by atoms with van der Waals surface area (Å²) >= 11 is 0. The van der Waals surface area contributed by atoms with Gasteiger partial charge in [-0.05, 0) is 19.4 Å². The van der Waals surface area contributed by atoms with Crippen LogP contribution in [0.3, 0.4) is 0 Å². The maximum atomic E-state index is 3.47. The summed E-state index contributed by atoms with van der Waals surface area (Å²) in [6.07, 6.45) is 2.84. The lowest BCUT2D eigenvalue weighted by Crippen LogP contribution is -2.51. The Morgan fingerprint density at radius 1 is 1.17 bits per heavy atom. The van der Waals surface area contributed by atoms with Crippen molar-refractivity contribution in [1.29, 1.82) is 0 Å². The predicted molar refractivity (Wildman–Crippen MR) is 56.6 cm³/mol. The second-order valence-electron chi connectivity index (χ2n) is 3.37. The highest BCUT2D eigenvalue weighted by Crippen LogP contribution is 2.25. The molecule has 0 aromatic heterocycles. The van der Waals surface area contributed by atoms with E-state index in [1.165, 1.54) is 32.5 Å². The summed E-state index contributed by atoms with van der Waals surface area (Å²) in [5.41, 5.74) is 0. The lowest BCUT2D eigenvalue weighted by molar-refractivity contribution is 0.162. The Balaban J connectivity index is 0.000000605. The van der Waals surface area contributed by atoms with E-state index in [2.05, 4.69) is 17.1 Å². The number of hydrogen-bond acceptors (Lipinski definition) is 2. The Bertz CT molecular complexity index is 116. The van der Waals surface area contributed by atoms with Crippen LogP contribution in [0.2, 0.25) is 0 Å². The van der Waals surface area contributed by atoms with E-state index in [1.807, 2.05) is 0 Å². The van der Waals surface area contributed by atoms with Gasteiger partial charge in [-0.3, -0.25) is 4.90 Å². The van der Waals surface area contributed by atoms with Crippen molar-refractivity contribution in [2.24, 2.45) is 0 Å². The van der Waals surface area contributed by atoms with Crippen molar-refractivity contribution >= 4 is 24.8 Å². The fraction of sp³-hybridized carbons (Fsp3) is 1.00. The molecule has 2 heterocycles. The molecule has 0 spiro atoms. The third kappa shape index (κ3) is 2.05. The molecule has 0 aromatic rings. The van der Waals surface area contributed by atoms with Crippen LogP contribution in [0.15, 0.2) is 0 Å². The Kier molecular flexibility index (Phi) is 5.50. The average Bonchev–Trinajstić information content (AvgIpc) is 2.19. The third-order valence-electron chi connectivity index (χ3n) is 2.90. The molecule has 2 nitrogen and oxygen atoms in total. The van der Waals surface area contributed by atoms with Crippen LogP contribution in [-0.2, 0) is 0 Å². The number of likely N-dealkylation sites (N-methyl/N-ethyl adjacent to an activating group) is 1. The van der Waals surface area contributed by atoms with Gasteiger partial charge in [0.2, 0.25) is 0 Å². The first-order valence-corrected chi connectivity index (χ1v) is 4.38. The van der Waals surface area contributed by atoms with E-state index in [1.54, 1.807) is 0 Å². The molecular weight excluding hydrogens is 195 g/mol. The summed E-state index contributed by atoms with van der Waals surface area (Å²) in [4.78, 5) is 2.65. The highest BCUT2D eigenvalue weighted by molar-refractivity contribution is 5.85. The van der Waals surface area contributed by atoms with E-state index in [-0.39, 0.29) is 24.8 Å². The zero-order valence-corrected chi connectivity index (χ0v) is 9.09. The molecule has 0 saturated carbocycles. The smallest absolute Gasteiger partial charge is 0.0224 e. The molecule has 2 aliphatic rings. The topological polar surface area (TPSA) is 15.3 Å². The molecule has 0 amide bonds. The normalized spacial score (nSPS) is 33.8. The Labute approximate surface area is 86.9 Å². The zero-order chi connectivity index (χ0) is 6.97. The minimum atomic E-state index is 0. The molecule has 0 aromatic carbocycles. The molecular formula is C8H18Cl2N2. The summed E-state index contributed by atoms with van der Waals surface area (Å²) in [5, 5.41) is 3.47. The number of piperazine rings is 1. The maximum absolute atomic E-state index is 3.47. The van der Waals surface area contributed by atoms with E-state index in [4.69, 9.17) is 0 Å². The van der Waals surface area contributed by atoms with E-state index in [0.717, 1.165) is 12.1 Å². The highest BCUT2D eigenvalue weighted by atomic mass is 35.5. The fourth-order valence-corrected chi connectivity index (χ4v) is 2.39. The minimum absolute atomic E-state index is 0. The molecule has 2 unspecified atom stereocenters. The SMILES string of the molecule is CCN1C2CCC1CNC2.Cl.Cl. The molecule has 12 heavy (non-hydrogen) atoms. The molecule has 2 aliphatic heterocycles. The summed E-state index contributed by atoms with van der Waals surface area (Å²) in [7, 11) is 0. The van der Waals surface area contributed by atoms with Gasteiger partial charge in [0.25, 0.3) is 0 Å². The first-order valence-electron chi connectivity index (χ1n) is 4.38. The van der Waals surface area contributed by atoms with Crippen molar-refractivity contribution in [1.82, 2.24) is 10.2 Å². The van der Waals surface area contributed by atoms with Gasteiger partial charge in [0.15, 0.2) is 0 Å². The molecule has 0 radical (unpaired) electrons. The molecule has 4 heteroatoms. The van der Waals surface area contributed by atoms with Gasteiger partial charge < -0.3 is 5.32 Å². The summed E-state index contributed by atoms with van der Waals surface area (Å²) in [5.74, 6) is 0. The van der Waals surface area contributed by atoms with Crippen LogP contribution in [0.4, 0.5) is 0 Å². The van der Waals surface area contributed by atoms with Gasteiger partial charge in [-0.1, -0.05) is 6.92 Å². The first-order chi connectivity index (χ1) is 4.92. The fourth-order valence-electron chi connectivity index (χ4n) is 2.39. The number of fused-ring (bicyclic) bond motifs is 2. The molecule has 1 N–H and O–H groups in total. The van der Waals surface area contributed by atoms with Crippen LogP contribution in [0.5, 0.6) is 0 Å². The summed E-state index contributed by atoms with van der Waals surface area (Å²) in [6, 6.07) is 1.73. The Hall–Kier alpha value is 0.500. The van der Waals surface area contributed by atoms with Crippen molar-refractivity contribution < 1.29 is 0 Å². The molecule has 74 valence electrons. The quantitative estimate of drug-likeness (QED) is 0.706. The molecule has 2 rings (SSSR count). The molecule has 2 fully saturated rings. The van der Waals surface area contributed by atoms with Crippen molar-refractivity contribution in [3.8, 4) is 0 Å². The third-order valence-corrected chi connectivity index (χ3v) is 2.90. The highest BCUT2D eigenvalue weighted by Gasteiger charge is 2.34. The minimum Gasteiger partial charge on any atom is -0.314 e. The van der Waals surface area contributed by atoms with Gasteiger partial charge in [-0.25, -0.2) is 0 Å². The standard InChI is InChI=1S/C8H16N2.2ClH/c1-2-10-7-3-4-8(10)6-9-5-7;;/h7-9H,2-6H2,1H3;2*1H. The molecule has 2 bridgehead atoms. The largest absolute Gasteiger partial charge is 0.314 e. The molecule has 0 aliphatic carbocycles. The van der Waals surface area contributed by atoms with Crippen LogP contribution >= 0.6 is 24.8 Å². The second-order valence-corrected chi connectivity index (χ2v) is 3.37. The molecule has 2 atom stereocenters. The van der Waals surface area contributed by atoms with Gasteiger partial charge in [-0.2, -0.15) is 0 Å². The van der Waals surface area contributed by atoms with E-state index in [0.29, 0.717) is 0 Å². The van der Waals surface area contributed by atoms with Crippen LogP contribution in [-0.4, -0.2) is 36.6 Å². The number of rotatable bonds is 1. The van der Waals surface area contributed by atoms with Crippen molar-refractivity contribution in [3.63, 3.8) is 0 Å². The number of nitrogens with one attached hydrogen (secondary N) is 1. The molecule has 2 saturated heterocycles. The van der Waals surface area contributed by atoms with Crippen molar-refractivity contribution in [3.05, 3.63) is 0 Å². The van der Waals surface area contributed by atoms with Gasteiger partial charge in [0.1, 0.15) is 0 Å². The van der Waals surface area contributed by atoms with Gasteiger partial charge >= 0.3 is 0 Å². The van der Waals surface area contributed by atoms with Crippen LogP contribution < -0.4 is 5.32 Å². The number of hydrogen-bond donors (Lipinski definition) is 1. The number of nitrogens with zero attached hydrogens (tertiary/aromatic N) is 1. The van der Waals surface area contributed by atoms with Gasteiger partial charge in [0, 0.05) is 25.2 Å². The zero-order valence-electron chi connectivity index (χ0n) is 7.45. The van der Waals surface area contributed by atoms with Gasteiger partial charge in [-0.15, -0.1) is 24.8 Å². The second kappa shape index (κ2) is 5.28.